The fourth-order valence-electron chi connectivity index (χ4n) is 2.25. The van der Waals surface area contributed by atoms with Crippen LogP contribution in [0.25, 0.3) is 0 Å². The summed E-state index contributed by atoms with van der Waals surface area (Å²) in [5.41, 5.74) is 1.02. The average molecular weight is 296 g/mol. The van der Waals surface area contributed by atoms with Crippen LogP contribution in [0.15, 0.2) is 30.3 Å². The fourth-order valence-corrected chi connectivity index (χ4v) is 2.25. The van der Waals surface area contributed by atoms with Crippen molar-refractivity contribution < 1.29 is 28.8 Å². The monoisotopic (exact) mass is 296 g/mol. The zero-order chi connectivity index (χ0) is 15.2. The molecule has 0 spiro atoms. The lowest BCUT2D eigenvalue weighted by atomic mass is 10.0. The molecule has 0 aromatic heterocycles. The van der Waals surface area contributed by atoms with Crippen LogP contribution in [0.3, 0.4) is 0 Å². The summed E-state index contributed by atoms with van der Waals surface area (Å²) in [6.45, 7) is 0.581. The van der Waals surface area contributed by atoms with Gasteiger partial charge in [0.15, 0.2) is 18.2 Å². The first-order valence-electron chi connectivity index (χ1n) is 6.72. The molecule has 0 radical (unpaired) electrons. The van der Waals surface area contributed by atoms with Crippen LogP contribution in [-0.2, 0) is 30.3 Å². The lowest BCUT2D eigenvalue weighted by Crippen LogP contribution is -2.57. The normalized spacial score (nSPS) is 29.6. The molecule has 6 heteroatoms. The predicted molar refractivity (Wildman–Crippen MR) is 73.6 cm³/mol. The summed E-state index contributed by atoms with van der Waals surface area (Å²) in [5, 5.41) is 9.74. The molecule has 0 saturated carbocycles. The van der Waals surface area contributed by atoms with Crippen LogP contribution >= 0.6 is 0 Å². The Labute approximate surface area is 123 Å². The zero-order valence-corrected chi connectivity index (χ0v) is 12.1. The number of methoxy groups -OCH3 is 2. The minimum absolute atomic E-state index is 0.172. The third-order valence-corrected chi connectivity index (χ3v) is 3.36. The number of hydrogen-bond donors (Lipinski definition) is 1. The number of hydrogen-bond acceptors (Lipinski definition) is 6. The molecule has 116 valence electrons. The van der Waals surface area contributed by atoms with Gasteiger partial charge in [0.25, 0.3) is 0 Å². The highest BCUT2D eigenvalue weighted by molar-refractivity contribution is 5.88. The maximum absolute atomic E-state index is 12.0. The van der Waals surface area contributed by atoms with Gasteiger partial charge in [0.1, 0.15) is 12.2 Å². The molecule has 21 heavy (non-hydrogen) atoms. The minimum Gasteiger partial charge on any atom is -0.380 e. The highest BCUT2D eigenvalue weighted by Gasteiger charge is 2.44. The molecule has 1 fully saturated rings. The second-order valence-electron chi connectivity index (χ2n) is 4.78. The molecule has 1 N–H and O–H groups in total. The Morgan fingerprint density at radius 2 is 1.90 bits per heavy atom. The van der Waals surface area contributed by atoms with Crippen LogP contribution < -0.4 is 0 Å². The first-order valence-corrected chi connectivity index (χ1v) is 6.72. The first-order chi connectivity index (χ1) is 10.2. The molecule has 2 rings (SSSR count). The summed E-state index contributed by atoms with van der Waals surface area (Å²) in [6.07, 6.45) is -3.80. The molecule has 4 atom stereocenters. The summed E-state index contributed by atoms with van der Waals surface area (Å²) in [7, 11) is 2.77. The Hall–Kier alpha value is -1.31. The van der Waals surface area contributed by atoms with E-state index in [1.807, 2.05) is 30.3 Å². The quantitative estimate of drug-likeness (QED) is 0.825. The van der Waals surface area contributed by atoms with Gasteiger partial charge in [0.05, 0.1) is 13.2 Å². The van der Waals surface area contributed by atoms with Gasteiger partial charge in [0, 0.05) is 14.2 Å². The van der Waals surface area contributed by atoms with Gasteiger partial charge < -0.3 is 24.1 Å². The fraction of sp³-hybridized carbons (Fsp3) is 0.533. The van der Waals surface area contributed by atoms with Crippen LogP contribution in [-0.4, -0.2) is 56.3 Å². The van der Waals surface area contributed by atoms with Gasteiger partial charge in [0.2, 0.25) is 0 Å². The molecular weight excluding hydrogens is 276 g/mol. The van der Waals surface area contributed by atoms with Crippen molar-refractivity contribution in [3.05, 3.63) is 35.9 Å². The maximum atomic E-state index is 12.0. The molecule has 1 aliphatic rings. The Balaban J connectivity index is 1.92. The van der Waals surface area contributed by atoms with Crippen molar-refractivity contribution >= 4 is 5.78 Å². The molecular formula is C15H20O6. The van der Waals surface area contributed by atoms with Gasteiger partial charge in [-0.15, -0.1) is 0 Å². The average Bonchev–Trinajstić information content (AvgIpc) is 2.52. The SMILES string of the molecule is CO[C@@H]1O[C@H](COCc2ccccc2)[C@@H](OC)C(=O)[C@H]1O. The van der Waals surface area contributed by atoms with E-state index >= 15 is 0 Å². The van der Waals surface area contributed by atoms with E-state index in [1.165, 1.54) is 14.2 Å². The first kappa shape index (κ1) is 16.1. The molecule has 1 aromatic carbocycles. The number of benzene rings is 1. The molecule has 0 unspecified atom stereocenters. The van der Waals surface area contributed by atoms with E-state index in [0.717, 1.165) is 5.56 Å². The number of ether oxygens (including phenoxy) is 4. The Morgan fingerprint density at radius 1 is 1.19 bits per heavy atom. The number of carbonyl (C=O) groups is 1. The van der Waals surface area contributed by atoms with Crippen LogP contribution in [0, 0.1) is 0 Å². The van der Waals surface area contributed by atoms with Gasteiger partial charge in [-0.25, -0.2) is 0 Å². The Bertz CT molecular complexity index is 449. The van der Waals surface area contributed by atoms with E-state index in [9.17, 15) is 9.90 Å². The van der Waals surface area contributed by atoms with Crippen LogP contribution in [0.1, 0.15) is 5.56 Å². The van der Waals surface area contributed by atoms with Gasteiger partial charge >= 0.3 is 0 Å². The topological polar surface area (TPSA) is 74.2 Å². The Morgan fingerprint density at radius 3 is 2.52 bits per heavy atom. The van der Waals surface area contributed by atoms with Gasteiger partial charge in [-0.1, -0.05) is 30.3 Å². The second kappa shape index (κ2) is 7.63. The van der Waals surface area contributed by atoms with Crippen molar-refractivity contribution in [2.75, 3.05) is 20.8 Å². The predicted octanol–water partition coefficient (Wildman–Crippen LogP) is 0.519. The molecule has 0 amide bonds. The largest absolute Gasteiger partial charge is 0.380 e. The summed E-state index contributed by atoms with van der Waals surface area (Å²) < 4.78 is 21.2. The van der Waals surface area contributed by atoms with E-state index in [0.29, 0.717) is 6.61 Å². The lowest BCUT2D eigenvalue weighted by molar-refractivity contribution is -0.253. The molecule has 1 saturated heterocycles. The van der Waals surface area contributed by atoms with Crippen molar-refractivity contribution in [3.8, 4) is 0 Å². The minimum atomic E-state index is -1.34. The number of ketones is 1. The highest BCUT2D eigenvalue weighted by Crippen LogP contribution is 2.21. The van der Waals surface area contributed by atoms with Crippen LogP contribution in [0.4, 0.5) is 0 Å². The van der Waals surface area contributed by atoms with Crippen LogP contribution in [0.5, 0.6) is 0 Å². The summed E-state index contributed by atoms with van der Waals surface area (Å²) in [6, 6.07) is 9.67. The number of rotatable bonds is 6. The van der Waals surface area contributed by atoms with Crippen LogP contribution in [0.2, 0.25) is 0 Å². The zero-order valence-electron chi connectivity index (χ0n) is 12.1. The second-order valence-corrected chi connectivity index (χ2v) is 4.78. The third-order valence-electron chi connectivity index (χ3n) is 3.36. The molecule has 1 aliphatic heterocycles. The van der Waals surface area contributed by atoms with Crippen molar-refractivity contribution in [3.63, 3.8) is 0 Å². The van der Waals surface area contributed by atoms with E-state index in [2.05, 4.69) is 0 Å². The molecule has 0 aliphatic carbocycles. The van der Waals surface area contributed by atoms with Gasteiger partial charge in [-0.05, 0) is 5.56 Å². The van der Waals surface area contributed by atoms with E-state index in [1.54, 1.807) is 0 Å². The maximum Gasteiger partial charge on any atom is 0.197 e. The number of aliphatic hydroxyl groups is 1. The third kappa shape index (κ3) is 3.87. The van der Waals surface area contributed by atoms with Crippen molar-refractivity contribution in [1.82, 2.24) is 0 Å². The number of Topliss-reactive ketones (excluding diaryl/α,β-unsaturated/α-hetero) is 1. The van der Waals surface area contributed by atoms with Crippen molar-refractivity contribution in [1.29, 1.82) is 0 Å². The number of aliphatic hydroxyl groups excluding tert-OH is 1. The van der Waals surface area contributed by atoms with Crippen molar-refractivity contribution in [2.24, 2.45) is 0 Å². The molecule has 1 aromatic rings. The summed E-state index contributed by atoms with van der Waals surface area (Å²) in [4.78, 5) is 12.0. The Kier molecular flexibility index (Phi) is 5.84. The van der Waals surface area contributed by atoms with Gasteiger partial charge in [-0.3, -0.25) is 4.79 Å². The standard InChI is InChI=1S/C15H20O6/c1-18-14-11(21-15(19-2)13(17)12(14)16)9-20-8-10-6-4-3-5-7-10/h3-7,11,13-15,17H,8-9H2,1-2H3/t11-,13-,14-,15-/m1/s1. The van der Waals surface area contributed by atoms with E-state index < -0.39 is 30.4 Å². The smallest absolute Gasteiger partial charge is 0.197 e. The van der Waals surface area contributed by atoms with E-state index in [4.69, 9.17) is 18.9 Å². The summed E-state index contributed by atoms with van der Waals surface area (Å²) in [5.74, 6) is -0.455. The van der Waals surface area contributed by atoms with Crippen molar-refractivity contribution in [2.45, 2.75) is 31.2 Å². The van der Waals surface area contributed by atoms with E-state index in [-0.39, 0.29) is 6.61 Å². The molecule has 0 bridgehead atoms. The van der Waals surface area contributed by atoms with Gasteiger partial charge in [-0.2, -0.15) is 0 Å². The molecule has 6 nitrogen and oxygen atoms in total. The lowest BCUT2D eigenvalue weighted by Gasteiger charge is -2.36. The summed E-state index contributed by atoms with van der Waals surface area (Å²) >= 11 is 0. The highest BCUT2D eigenvalue weighted by atomic mass is 16.7. The number of carbonyl (C=O) groups excluding carboxylic acids is 1. The molecule has 1 heterocycles.